The zero-order chi connectivity index (χ0) is 9.52. The molecule has 1 rings (SSSR count). The first-order valence-electron chi connectivity index (χ1n) is 4.91. The van der Waals surface area contributed by atoms with Crippen molar-refractivity contribution in [3.05, 3.63) is 11.8 Å². The van der Waals surface area contributed by atoms with Gasteiger partial charge in [-0.3, -0.25) is 4.79 Å². The second kappa shape index (κ2) is 5.75. The van der Waals surface area contributed by atoms with Gasteiger partial charge in [0.15, 0.2) is 11.5 Å². The maximum absolute atomic E-state index is 11.4. The molecule has 0 saturated carbocycles. The number of ketones is 1. The average Bonchev–Trinajstić information content (AvgIpc) is 2.65. The van der Waals surface area contributed by atoms with Gasteiger partial charge in [-0.15, -0.1) is 0 Å². The molecule has 0 unspecified atom stereocenters. The summed E-state index contributed by atoms with van der Waals surface area (Å²) < 4.78 is 5.16. The van der Waals surface area contributed by atoms with Crippen LogP contribution in [0.5, 0.6) is 0 Å². The molecule has 3 nitrogen and oxygen atoms in total. The first-order valence-corrected chi connectivity index (χ1v) is 4.91. The Morgan fingerprint density at radius 1 is 1.46 bits per heavy atom. The molecule has 13 heavy (non-hydrogen) atoms. The number of carbonyl (C=O) groups is 1. The molecule has 0 radical (unpaired) electrons. The Morgan fingerprint density at radius 2 is 2.31 bits per heavy atom. The predicted octanol–water partition coefficient (Wildman–Crippen LogP) is 1.38. The summed E-state index contributed by atoms with van der Waals surface area (Å²) >= 11 is 0. The van der Waals surface area contributed by atoms with Crippen molar-refractivity contribution in [3.63, 3.8) is 0 Å². The molecule has 0 saturated heterocycles. The van der Waals surface area contributed by atoms with Gasteiger partial charge in [-0.1, -0.05) is 6.42 Å². The summed E-state index contributed by atoms with van der Waals surface area (Å²) in [5.41, 5.74) is 5.35. The van der Waals surface area contributed by atoms with Gasteiger partial charge in [-0.05, 0) is 25.5 Å². The van der Waals surface area contributed by atoms with Crippen molar-refractivity contribution < 1.29 is 9.53 Å². The molecule has 0 aliphatic carbocycles. The maximum atomic E-state index is 11.4. The number of carbonyl (C=O) groups excluding carboxylic acids is 1. The summed E-state index contributed by atoms with van der Waals surface area (Å²) in [7, 11) is 0. The van der Waals surface area contributed by atoms with Crippen molar-refractivity contribution in [1.82, 2.24) is 0 Å². The van der Waals surface area contributed by atoms with Crippen molar-refractivity contribution in [2.45, 2.75) is 32.1 Å². The van der Waals surface area contributed by atoms with Gasteiger partial charge in [0.25, 0.3) is 0 Å². The molecule has 0 bridgehead atoms. The van der Waals surface area contributed by atoms with Crippen molar-refractivity contribution >= 4 is 5.78 Å². The van der Waals surface area contributed by atoms with Gasteiger partial charge in [0.05, 0.1) is 6.61 Å². The Hall–Kier alpha value is -0.830. The number of hydrogen-bond acceptors (Lipinski definition) is 3. The predicted molar refractivity (Wildman–Crippen MR) is 51.2 cm³/mol. The van der Waals surface area contributed by atoms with Crippen molar-refractivity contribution in [1.29, 1.82) is 0 Å². The van der Waals surface area contributed by atoms with E-state index in [1.807, 2.05) is 6.08 Å². The van der Waals surface area contributed by atoms with Gasteiger partial charge >= 0.3 is 0 Å². The van der Waals surface area contributed by atoms with Crippen LogP contribution in [-0.4, -0.2) is 18.9 Å². The summed E-state index contributed by atoms with van der Waals surface area (Å²) in [5.74, 6) is 0.724. The van der Waals surface area contributed by atoms with Crippen LogP contribution in [0.15, 0.2) is 11.8 Å². The fourth-order valence-electron chi connectivity index (χ4n) is 1.34. The zero-order valence-corrected chi connectivity index (χ0v) is 7.92. The highest BCUT2D eigenvalue weighted by molar-refractivity contribution is 5.93. The highest BCUT2D eigenvalue weighted by Gasteiger charge is 2.13. The normalized spacial score (nSPS) is 15.3. The van der Waals surface area contributed by atoms with Crippen LogP contribution in [-0.2, 0) is 9.53 Å². The largest absolute Gasteiger partial charge is 0.490 e. The van der Waals surface area contributed by atoms with Crippen molar-refractivity contribution in [2.24, 2.45) is 5.73 Å². The lowest BCUT2D eigenvalue weighted by Gasteiger charge is -2.01. The van der Waals surface area contributed by atoms with Gasteiger partial charge in [0, 0.05) is 12.8 Å². The van der Waals surface area contributed by atoms with Crippen LogP contribution in [0.3, 0.4) is 0 Å². The quantitative estimate of drug-likeness (QED) is 0.633. The Bertz CT molecular complexity index is 199. The number of ether oxygens (including phenoxy) is 1. The first-order chi connectivity index (χ1) is 6.34. The highest BCUT2D eigenvalue weighted by atomic mass is 16.5. The van der Waals surface area contributed by atoms with Crippen LogP contribution in [0.25, 0.3) is 0 Å². The van der Waals surface area contributed by atoms with Crippen LogP contribution in [0.4, 0.5) is 0 Å². The Morgan fingerprint density at radius 3 is 2.92 bits per heavy atom. The van der Waals surface area contributed by atoms with E-state index < -0.39 is 0 Å². The lowest BCUT2D eigenvalue weighted by atomic mass is 10.1. The molecule has 0 atom stereocenters. The van der Waals surface area contributed by atoms with Gasteiger partial charge in [-0.25, -0.2) is 0 Å². The smallest absolute Gasteiger partial charge is 0.197 e. The molecule has 0 fully saturated rings. The molecule has 0 aromatic carbocycles. The number of Topliss-reactive ketones (excluding diaryl/α,β-unsaturated/α-hetero) is 1. The van der Waals surface area contributed by atoms with Crippen LogP contribution in [0, 0.1) is 0 Å². The van der Waals surface area contributed by atoms with Gasteiger partial charge in [-0.2, -0.15) is 0 Å². The monoisotopic (exact) mass is 183 g/mol. The summed E-state index contributed by atoms with van der Waals surface area (Å²) in [5, 5.41) is 0. The van der Waals surface area contributed by atoms with Gasteiger partial charge in [0.1, 0.15) is 0 Å². The van der Waals surface area contributed by atoms with E-state index in [-0.39, 0.29) is 5.78 Å². The molecular weight excluding hydrogens is 166 g/mol. The van der Waals surface area contributed by atoms with E-state index in [1.54, 1.807) is 0 Å². The second-order valence-corrected chi connectivity index (χ2v) is 3.23. The third-order valence-corrected chi connectivity index (χ3v) is 2.09. The van der Waals surface area contributed by atoms with E-state index in [0.29, 0.717) is 25.3 Å². The zero-order valence-electron chi connectivity index (χ0n) is 7.92. The number of rotatable bonds is 6. The number of hydrogen-bond donors (Lipinski definition) is 1. The Labute approximate surface area is 78.9 Å². The first kappa shape index (κ1) is 10.3. The van der Waals surface area contributed by atoms with Crippen LogP contribution in [0.1, 0.15) is 32.1 Å². The van der Waals surface area contributed by atoms with E-state index in [1.165, 1.54) is 0 Å². The van der Waals surface area contributed by atoms with Crippen molar-refractivity contribution in [3.8, 4) is 0 Å². The molecule has 0 aromatic rings. The van der Waals surface area contributed by atoms with Crippen LogP contribution < -0.4 is 5.73 Å². The van der Waals surface area contributed by atoms with E-state index in [2.05, 4.69) is 0 Å². The summed E-state index contributed by atoms with van der Waals surface area (Å²) in [6, 6.07) is 0. The van der Waals surface area contributed by atoms with Crippen LogP contribution >= 0.6 is 0 Å². The third-order valence-electron chi connectivity index (χ3n) is 2.09. The van der Waals surface area contributed by atoms with E-state index in [0.717, 1.165) is 25.7 Å². The van der Waals surface area contributed by atoms with Crippen LogP contribution in [0.2, 0.25) is 0 Å². The minimum absolute atomic E-state index is 0.148. The Balaban J connectivity index is 2.10. The fraction of sp³-hybridized carbons (Fsp3) is 0.700. The molecular formula is C10H17NO2. The minimum Gasteiger partial charge on any atom is -0.490 e. The SMILES string of the molecule is NCCCCCC(=O)C1=CCCO1. The average molecular weight is 183 g/mol. The summed E-state index contributed by atoms with van der Waals surface area (Å²) in [6.07, 6.45) is 6.33. The summed E-state index contributed by atoms with van der Waals surface area (Å²) in [6.45, 7) is 1.39. The molecule has 1 aliphatic heterocycles. The fourth-order valence-corrected chi connectivity index (χ4v) is 1.34. The summed E-state index contributed by atoms with van der Waals surface area (Å²) in [4.78, 5) is 11.4. The molecule has 1 heterocycles. The lowest BCUT2D eigenvalue weighted by Crippen LogP contribution is -2.04. The topological polar surface area (TPSA) is 52.3 Å². The molecule has 0 aromatic heterocycles. The second-order valence-electron chi connectivity index (χ2n) is 3.23. The van der Waals surface area contributed by atoms with E-state index >= 15 is 0 Å². The third kappa shape index (κ3) is 3.59. The van der Waals surface area contributed by atoms with E-state index in [9.17, 15) is 4.79 Å². The van der Waals surface area contributed by atoms with Crippen molar-refractivity contribution in [2.75, 3.05) is 13.2 Å². The van der Waals surface area contributed by atoms with Gasteiger partial charge < -0.3 is 10.5 Å². The molecule has 74 valence electrons. The lowest BCUT2D eigenvalue weighted by molar-refractivity contribution is -0.118. The number of allylic oxidation sites excluding steroid dienone is 1. The molecule has 2 N–H and O–H groups in total. The Kier molecular flexibility index (Phi) is 4.54. The number of nitrogens with two attached hydrogens (primary N) is 1. The standard InChI is InChI=1S/C10H17NO2/c11-7-3-1-2-5-9(12)10-6-4-8-13-10/h6H,1-5,7-8,11H2. The molecule has 3 heteroatoms. The number of unbranched alkanes of at least 4 members (excludes halogenated alkanes) is 2. The van der Waals surface area contributed by atoms with E-state index in [4.69, 9.17) is 10.5 Å². The maximum Gasteiger partial charge on any atom is 0.197 e. The molecule has 0 amide bonds. The molecule has 0 spiro atoms. The minimum atomic E-state index is 0.148. The highest BCUT2D eigenvalue weighted by Crippen LogP contribution is 2.13. The van der Waals surface area contributed by atoms with Gasteiger partial charge in [0.2, 0.25) is 0 Å². The molecule has 1 aliphatic rings.